The maximum absolute atomic E-state index is 12.8. The molecule has 5 nitrogen and oxygen atoms in total. The number of carbonyl (C=O) groups is 1. The maximum Gasteiger partial charge on any atom is 0.314 e. The lowest BCUT2D eigenvalue weighted by molar-refractivity contribution is -0.135. The average Bonchev–Trinajstić information content (AvgIpc) is 3.47. The average molecular weight is 336 g/mol. The monoisotopic (exact) mass is 336 g/mol. The summed E-state index contributed by atoms with van der Waals surface area (Å²) in [7, 11) is 1.56. The molecule has 1 aromatic heterocycles. The van der Waals surface area contributed by atoms with Crippen LogP contribution in [-0.2, 0) is 4.79 Å². The summed E-state index contributed by atoms with van der Waals surface area (Å²) >= 11 is 0. The SMILES string of the molecule is COc1ccccc1-c1coc2cc(OC(=O)C3CC3)ccc2c1=O. The van der Waals surface area contributed by atoms with Gasteiger partial charge in [-0.15, -0.1) is 0 Å². The van der Waals surface area contributed by atoms with Crippen molar-refractivity contribution in [2.24, 2.45) is 5.92 Å². The Hall–Kier alpha value is -3.08. The molecule has 0 aliphatic heterocycles. The van der Waals surface area contributed by atoms with Crippen LogP contribution in [0.4, 0.5) is 0 Å². The van der Waals surface area contributed by atoms with Gasteiger partial charge in [-0.25, -0.2) is 0 Å². The van der Waals surface area contributed by atoms with Crippen molar-refractivity contribution in [2.45, 2.75) is 12.8 Å². The zero-order valence-electron chi connectivity index (χ0n) is 13.7. The molecule has 126 valence electrons. The summed E-state index contributed by atoms with van der Waals surface area (Å²) in [6, 6.07) is 12.1. The third-order valence-electron chi connectivity index (χ3n) is 4.27. The van der Waals surface area contributed by atoms with Crippen LogP contribution in [0.3, 0.4) is 0 Å². The summed E-state index contributed by atoms with van der Waals surface area (Å²) in [4.78, 5) is 24.6. The molecule has 0 amide bonds. The third kappa shape index (κ3) is 2.89. The first-order valence-electron chi connectivity index (χ1n) is 8.08. The molecule has 25 heavy (non-hydrogen) atoms. The Balaban J connectivity index is 1.75. The van der Waals surface area contributed by atoms with Crippen LogP contribution >= 0.6 is 0 Å². The maximum atomic E-state index is 12.8. The van der Waals surface area contributed by atoms with E-state index >= 15 is 0 Å². The minimum Gasteiger partial charge on any atom is -0.496 e. The van der Waals surface area contributed by atoms with Gasteiger partial charge in [0.15, 0.2) is 0 Å². The number of ether oxygens (including phenoxy) is 2. The highest BCUT2D eigenvalue weighted by atomic mass is 16.5. The lowest BCUT2D eigenvalue weighted by atomic mass is 10.0. The quantitative estimate of drug-likeness (QED) is 0.536. The van der Waals surface area contributed by atoms with Crippen molar-refractivity contribution in [1.82, 2.24) is 0 Å². The molecule has 0 unspecified atom stereocenters. The van der Waals surface area contributed by atoms with Gasteiger partial charge >= 0.3 is 5.97 Å². The van der Waals surface area contributed by atoms with E-state index in [1.807, 2.05) is 18.2 Å². The van der Waals surface area contributed by atoms with Crippen molar-refractivity contribution in [3.63, 3.8) is 0 Å². The second-order valence-corrected chi connectivity index (χ2v) is 6.03. The number of methoxy groups -OCH3 is 1. The van der Waals surface area contributed by atoms with E-state index in [9.17, 15) is 9.59 Å². The predicted molar refractivity (Wildman–Crippen MR) is 92.8 cm³/mol. The molecule has 0 saturated heterocycles. The minimum atomic E-state index is -0.229. The van der Waals surface area contributed by atoms with Crippen LogP contribution in [0.2, 0.25) is 0 Å². The molecule has 1 heterocycles. The lowest BCUT2D eigenvalue weighted by Gasteiger charge is -2.08. The van der Waals surface area contributed by atoms with Gasteiger partial charge in [-0.3, -0.25) is 9.59 Å². The molecular formula is C20H16O5. The van der Waals surface area contributed by atoms with E-state index in [2.05, 4.69) is 0 Å². The van der Waals surface area contributed by atoms with Crippen molar-refractivity contribution in [3.8, 4) is 22.6 Å². The molecule has 0 atom stereocenters. The highest BCUT2D eigenvalue weighted by Gasteiger charge is 2.31. The van der Waals surface area contributed by atoms with Gasteiger partial charge in [-0.05, 0) is 31.0 Å². The normalized spacial score (nSPS) is 13.6. The Morgan fingerprint density at radius 1 is 1.12 bits per heavy atom. The molecule has 1 fully saturated rings. The standard InChI is InChI=1S/C20H16O5/c1-23-17-5-3-2-4-14(17)16-11-24-18-10-13(8-9-15(18)19(16)21)25-20(22)12-6-7-12/h2-5,8-12H,6-7H2,1H3. The van der Waals surface area contributed by atoms with Crippen molar-refractivity contribution in [3.05, 3.63) is 59.0 Å². The Labute approximate surface area is 143 Å². The van der Waals surface area contributed by atoms with Crippen molar-refractivity contribution >= 4 is 16.9 Å². The van der Waals surface area contributed by atoms with Gasteiger partial charge in [0.2, 0.25) is 5.43 Å². The molecule has 0 N–H and O–H groups in total. The van der Waals surface area contributed by atoms with Crippen LogP contribution in [-0.4, -0.2) is 13.1 Å². The molecule has 1 saturated carbocycles. The van der Waals surface area contributed by atoms with Gasteiger partial charge in [0.25, 0.3) is 0 Å². The summed E-state index contributed by atoms with van der Waals surface area (Å²) in [6.45, 7) is 0. The first-order chi connectivity index (χ1) is 12.2. The molecule has 0 spiro atoms. The predicted octanol–water partition coefficient (Wildman–Crippen LogP) is 3.78. The van der Waals surface area contributed by atoms with Crippen LogP contribution < -0.4 is 14.9 Å². The second-order valence-electron chi connectivity index (χ2n) is 6.03. The molecule has 1 aliphatic carbocycles. The van der Waals surface area contributed by atoms with Crippen LogP contribution in [0, 0.1) is 5.92 Å². The number of esters is 1. The first kappa shape index (κ1) is 15.4. The van der Waals surface area contributed by atoms with E-state index in [0.29, 0.717) is 33.6 Å². The van der Waals surface area contributed by atoms with Gasteiger partial charge in [0.05, 0.1) is 24.0 Å². The number of benzene rings is 2. The minimum absolute atomic E-state index is 0.00984. The van der Waals surface area contributed by atoms with Crippen LogP contribution in [0.15, 0.2) is 57.9 Å². The van der Waals surface area contributed by atoms with Crippen LogP contribution in [0.25, 0.3) is 22.1 Å². The summed E-state index contributed by atoms with van der Waals surface area (Å²) in [5, 5.41) is 0.426. The smallest absolute Gasteiger partial charge is 0.314 e. The van der Waals surface area contributed by atoms with Crippen molar-refractivity contribution in [1.29, 1.82) is 0 Å². The van der Waals surface area contributed by atoms with E-state index in [0.717, 1.165) is 12.8 Å². The second kappa shape index (κ2) is 6.09. The van der Waals surface area contributed by atoms with Gasteiger partial charge in [-0.1, -0.05) is 18.2 Å². The molecular weight excluding hydrogens is 320 g/mol. The molecule has 1 aliphatic rings. The molecule has 0 bridgehead atoms. The van der Waals surface area contributed by atoms with Crippen molar-refractivity contribution in [2.75, 3.05) is 7.11 Å². The third-order valence-corrected chi connectivity index (χ3v) is 4.27. The van der Waals surface area contributed by atoms with Crippen molar-refractivity contribution < 1.29 is 18.7 Å². The fourth-order valence-corrected chi connectivity index (χ4v) is 2.74. The Morgan fingerprint density at radius 3 is 2.68 bits per heavy atom. The van der Waals surface area contributed by atoms with E-state index in [1.54, 1.807) is 31.4 Å². The van der Waals surface area contributed by atoms with Gasteiger partial charge in [0, 0.05) is 11.6 Å². The number of carbonyl (C=O) groups excluding carboxylic acids is 1. The van der Waals surface area contributed by atoms with Crippen LogP contribution in [0.5, 0.6) is 11.5 Å². The number of hydrogen-bond acceptors (Lipinski definition) is 5. The van der Waals surface area contributed by atoms with E-state index in [4.69, 9.17) is 13.9 Å². The lowest BCUT2D eigenvalue weighted by Crippen LogP contribution is -2.10. The topological polar surface area (TPSA) is 65.7 Å². The number of rotatable bonds is 4. The highest BCUT2D eigenvalue weighted by molar-refractivity contribution is 5.85. The zero-order valence-corrected chi connectivity index (χ0v) is 13.7. The Bertz CT molecular complexity index is 1010. The largest absolute Gasteiger partial charge is 0.496 e. The molecule has 4 rings (SSSR count). The Morgan fingerprint density at radius 2 is 1.92 bits per heavy atom. The van der Waals surface area contributed by atoms with Gasteiger partial charge in [-0.2, -0.15) is 0 Å². The summed E-state index contributed by atoms with van der Waals surface area (Å²) < 4.78 is 16.3. The van der Waals surface area contributed by atoms with Gasteiger partial charge in [0.1, 0.15) is 23.3 Å². The fourth-order valence-electron chi connectivity index (χ4n) is 2.74. The highest BCUT2D eigenvalue weighted by Crippen LogP contribution is 2.32. The van der Waals surface area contributed by atoms with E-state index < -0.39 is 0 Å². The summed E-state index contributed by atoms with van der Waals surface area (Å²) in [6.07, 6.45) is 3.17. The number of hydrogen-bond donors (Lipinski definition) is 0. The first-order valence-corrected chi connectivity index (χ1v) is 8.08. The number of para-hydroxylation sites is 1. The zero-order chi connectivity index (χ0) is 17.4. The number of fused-ring (bicyclic) bond motifs is 1. The molecule has 3 aromatic rings. The van der Waals surface area contributed by atoms with Gasteiger partial charge < -0.3 is 13.9 Å². The summed E-state index contributed by atoms with van der Waals surface area (Å²) in [5.41, 5.74) is 1.31. The Kier molecular flexibility index (Phi) is 3.76. The van der Waals surface area contributed by atoms with Crippen LogP contribution in [0.1, 0.15) is 12.8 Å². The molecule has 5 heteroatoms. The van der Waals surface area contributed by atoms with E-state index in [1.165, 1.54) is 6.26 Å². The molecule has 2 aromatic carbocycles. The fraction of sp³-hybridized carbons (Fsp3) is 0.200. The van der Waals surface area contributed by atoms with E-state index in [-0.39, 0.29) is 17.3 Å². The summed E-state index contributed by atoms with van der Waals surface area (Å²) in [5.74, 6) is 0.768. The molecule has 0 radical (unpaired) electrons.